The van der Waals surface area contributed by atoms with Crippen LogP contribution in [0.2, 0.25) is 0 Å². The maximum Gasteiger partial charge on any atom is 0.420 e. The third kappa shape index (κ3) is 9.15. The standard InChI is InChI=1S/C33H41FN4O7/c1-5-6-14-42-16-13-38-27-19-23(10-11-28(27)44-32(38)41)22-8-9-24(26(34)18-22)17-25(20-35)36-30(39)29-21-37(12-7-15-43-29)31(40)45-33(2,3)4/h8-11,18-19,25,29H,5-7,12-17,21H2,1-4H3,(H,36,39)/t25-,29-/m0/s1. The molecule has 0 radical (unpaired) electrons. The fourth-order valence-electron chi connectivity index (χ4n) is 4.94. The van der Waals surface area contributed by atoms with E-state index in [9.17, 15) is 19.6 Å². The molecule has 4 rings (SSSR count). The molecule has 11 nitrogen and oxygen atoms in total. The van der Waals surface area contributed by atoms with Crippen molar-refractivity contribution in [3.63, 3.8) is 0 Å². The predicted molar refractivity (Wildman–Crippen MR) is 165 cm³/mol. The van der Waals surface area contributed by atoms with Gasteiger partial charge in [0.05, 0.1) is 31.3 Å². The van der Waals surface area contributed by atoms with Gasteiger partial charge >= 0.3 is 11.8 Å². The van der Waals surface area contributed by atoms with Crippen LogP contribution in [-0.2, 0) is 32.0 Å². The second-order valence-electron chi connectivity index (χ2n) is 12.0. The Labute approximate surface area is 261 Å². The molecule has 1 N–H and O–H groups in total. The Hall–Kier alpha value is -4.21. The van der Waals surface area contributed by atoms with Crippen molar-refractivity contribution in [3.8, 4) is 17.2 Å². The number of carbonyl (C=O) groups is 2. The van der Waals surface area contributed by atoms with Gasteiger partial charge in [-0.1, -0.05) is 31.5 Å². The van der Waals surface area contributed by atoms with Crippen molar-refractivity contribution in [2.45, 2.75) is 77.7 Å². The summed E-state index contributed by atoms with van der Waals surface area (Å²) >= 11 is 0. The van der Waals surface area contributed by atoms with Gasteiger partial charge in [-0.15, -0.1) is 0 Å². The van der Waals surface area contributed by atoms with Crippen LogP contribution in [0.5, 0.6) is 0 Å². The van der Waals surface area contributed by atoms with Gasteiger partial charge in [0.1, 0.15) is 17.5 Å². The van der Waals surface area contributed by atoms with Crippen LogP contribution in [0, 0.1) is 17.1 Å². The number of hydrogen-bond acceptors (Lipinski definition) is 8. The number of ether oxygens (including phenoxy) is 3. The zero-order chi connectivity index (χ0) is 32.6. The highest BCUT2D eigenvalue weighted by atomic mass is 19.1. The molecule has 0 aliphatic carbocycles. The molecule has 2 amide bonds. The number of halogens is 1. The van der Waals surface area contributed by atoms with Gasteiger partial charge in [-0.05, 0) is 68.5 Å². The fourth-order valence-corrected chi connectivity index (χ4v) is 4.94. The molecular weight excluding hydrogens is 583 g/mol. The van der Waals surface area contributed by atoms with Gasteiger partial charge < -0.3 is 28.8 Å². The molecular formula is C33H41FN4O7. The minimum absolute atomic E-state index is 0.0251. The number of nitrogens with one attached hydrogen (secondary N) is 1. The summed E-state index contributed by atoms with van der Waals surface area (Å²) < 4.78 is 38.9. The summed E-state index contributed by atoms with van der Waals surface area (Å²) in [6, 6.07) is 10.8. The van der Waals surface area contributed by atoms with E-state index in [1.54, 1.807) is 51.1 Å². The molecule has 0 unspecified atom stereocenters. The van der Waals surface area contributed by atoms with E-state index >= 15 is 4.39 Å². The van der Waals surface area contributed by atoms with E-state index in [0.717, 1.165) is 12.8 Å². The maximum atomic E-state index is 15.3. The molecule has 1 aromatic heterocycles. The van der Waals surface area contributed by atoms with E-state index < -0.39 is 41.3 Å². The number of fused-ring (bicyclic) bond motifs is 1. The zero-order valence-corrected chi connectivity index (χ0v) is 26.3. The van der Waals surface area contributed by atoms with Gasteiger partial charge in [-0.25, -0.2) is 14.0 Å². The summed E-state index contributed by atoms with van der Waals surface area (Å²) in [5.74, 6) is -1.60. The SMILES string of the molecule is CCCCOCCn1c(=O)oc2ccc(-c3ccc(C[C@@H](C#N)NC(=O)[C@@H]4CN(C(=O)OC(C)(C)C)CCCO4)c(F)c3)cc21. The van der Waals surface area contributed by atoms with Crippen LogP contribution < -0.4 is 11.1 Å². The van der Waals surface area contributed by atoms with Crippen molar-refractivity contribution in [1.29, 1.82) is 5.26 Å². The van der Waals surface area contributed by atoms with Crippen LogP contribution in [-0.4, -0.2) is 72.1 Å². The number of rotatable bonds is 11. The van der Waals surface area contributed by atoms with Crippen LogP contribution in [0.3, 0.4) is 0 Å². The molecule has 0 spiro atoms. The van der Waals surface area contributed by atoms with E-state index in [4.69, 9.17) is 18.6 Å². The first-order chi connectivity index (χ1) is 21.5. The minimum Gasteiger partial charge on any atom is -0.444 e. The van der Waals surface area contributed by atoms with Crippen molar-refractivity contribution < 1.29 is 32.6 Å². The van der Waals surface area contributed by atoms with E-state index in [1.807, 2.05) is 6.07 Å². The van der Waals surface area contributed by atoms with Crippen molar-refractivity contribution >= 4 is 23.1 Å². The monoisotopic (exact) mass is 624 g/mol. The smallest absolute Gasteiger partial charge is 0.420 e. The normalized spacial score (nSPS) is 16.2. The third-order valence-corrected chi connectivity index (χ3v) is 7.27. The van der Waals surface area contributed by atoms with Crippen molar-refractivity contribution in [2.75, 3.05) is 32.9 Å². The number of nitriles is 1. The lowest BCUT2D eigenvalue weighted by atomic mass is 10.00. The van der Waals surface area contributed by atoms with Gasteiger partial charge in [-0.2, -0.15) is 5.26 Å². The molecule has 2 heterocycles. The lowest BCUT2D eigenvalue weighted by Crippen LogP contribution is -2.48. The number of nitrogens with zero attached hydrogens (tertiary/aromatic N) is 3. The van der Waals surface area contributed by atoms with E-state index in [-0.39, 0.29) is 25.1 Å². The van der Waals surface area contributed by atoms with Crippen LogP contribution >= 0.6 is 0 Å². The van der Waals surface area contributed by atoms with Gasteiger partial charge in [0.2, 0.25) is 0 Å². The van der Waals surface area contributed by atoms with Crippen LogP contribution in [0.1, 0.15) is 52.5 Å². The van der Waals surface area contributed by atoms with E-state index in [2.05, 4.69) is 12.2 Å². The first kappa shape index (κ1) is 33.7. The molecule has 0 bridgehead atoms. The number of oxazole rings is 1. The average molecular weight is 625 g/mol. The summed E-state index contributed by atoms with van der Waals surface area (Å²) in [6.07, 6.45) is 0.872. The molecule has 1 saturated heterocycles. The second kappa shape index (κ2) is 15.2. The summed E-state index contributed by atoms with van der Waals surface area (Å²) in [4.78, 5) is 39.5. The first-order valence-corrected chi connectivity index (χ1v) is 15.3. The van der Waals surface area contributed by atoms with Crippen molar-refractivity contribution in [3.05, 3.63) is 58.3 Å². The molecule has 242 valence electrons. The zero-order valence-electron chi connectivity index (χ0n) is 26.3. The van der Waals surface area contributed by atoms with Gasteiger partial charge in [0.15, 0.2) is 11.7 Å². The van der Waals surface area contributed by atoms with Crippen LogP contribution in [0.15, 0.2) is 45.6 Å². The summed E-state index contributed by atoms with van der Waals surface area (Å²) in [5, 5.41) is 12.4. The largest absolute Gasteiger partial charge is 0.444 e. The number of benzene rings is 2. The summed E-state index contributed by atoms with van der Waals surface area (Å²) in [6.45, 7) is 9.28. The first-order valence-electron chi connectivity index (χ1n) is 15.3. The molecule has 0 saturated carbocycles. The molecule has 2 atom stereocenters. The Morgan fingerprint density at radius 2 is 1.93 bits per heavy atom. The molecule has 1 aliphatic rings. The Balaban J connectivity index is 1.42. The molecule has 1 fully saturated rings. The number of carbonyl (C=O) groups excluding carboxylic acids is 2. The Morgan fingerprint density at radius 3 is 2.64 bits per heavy atom. The lowest BCUT2D eigenvalue weighted by Gasteiger charge is -2.27. The second-order valence-corrected chi connectivity index (χ2v) is 12.0. The summed E-state index contributed by atoms with van der Waals surface area (Å²) in [5.41, 5.74) is 1.82. The molecule has 12 heteroatoms. The molecule has 1 aliphatic heterocycles. The maximum absolute atomic E-state index is 15.3. The number of amides is 2. The van der Waals surface area contributed by atoms with Gasteiger partial charge in [0.25, 0.3) is 5.91 Å². The highest BCUT2D eigenvalue weighted by molar-refractivity contribution is 5.83. The van der Waals surface area contributed by atoms with Gasteiger partial charge in [0, 0.05) is 26.2 Å². The summed E-state index contributed by atoms with van der Waals surface area (Å²) in [7, 11) is 0. The Morgan fingerprint density at radius 1 is 1.18 bits per heavy atom. The predicted octanol–water partition coefficient (Wildman–Crippen LogP) is 4.79. The van der Waals surface area contributed by atoms with E-state index in [1.165, 1.54) is 15.5 Å². The van der Waals surface area contributed by atoms with Gasteiger partial charge in [-0.3, -0.25) is 9.36 Å². The average Bonchev–Trinajstić information content (AvgIpc) is 3.14. The Bertz CT molecular complexity index is 1590. The van der Waals surface area contributed by atoms with Crippen LogP contribution in [0.25, 0.3) is 22.2 Å². The topological polar surface area (TPSA) is 136 Å². The Kier molecular flexibility index (Phi) is 11.4. The number of aromatic nitrogens is 1. The lowest BCUT2D eigenvalue weighted by molar-refractivity contribution is -0.133. The van der Waals surface area contributed by atoms with Crippen LogP contribution in [0.4, 0.5) is 9.18 Å². The fraction of sp³-hybridized carbons (Fsp3) is 0.515. The van der Waals surface area contributed by atoms with Crippen molar-refractivity contribution in [2.24, 2.45) is 0 Å². The highest BCUT2D eigenvalue weighted by Crippen LogP contribution is 2.26. The molecule has 3 aromatic rings. The quantitative estimate of drug-likeness (QED) is 0.301. The number of hydrogen-bond donors (Lipinski definition) is 1. The van der Waals surface area contributed by atoms with Crippen molar-refractivity contribution in [1.82, 2.24) is 14.8 Å². The molecule has 2 aromatic carbocycles. The highest BCUT2D eigenvalue weighted by Gasteiger charge is 2.31. The number of unbranched alkanes of at least 4 members (excludes halogenated alkanes) is 1. The minimum atomic E-state index is -1.03. The third-order valence-electron chi connectivity index (χ3n) is 7.27. The molecule has 45 heavy (non-hydrogen) atoms. The van der Waals surface area contributed by atoms with E-state index in [0.29, 0.717) is 55.0 Å².